The van der Waals surface area contributed by atoms with Crippen molar-refractivity contribution in [3.63, 3.8) is 0 Å². The smallest absolute Gasteiger partial charge is 0.410 e. The first-order chi connectivity index (χ1) is 16.3. The van der Waals surface area contributed by atoms with Gasteiger partial charge in [0, 0.05) is 42.3 Å². The first-order valence-corrected chi connectivity index (χ1v) is 11.1. The summed E-state index contributed by atoms with van der Waals surface area (Å²) in [5.41, 5.74) is 5.64. The molecule has 1 aliphatic rings. The highest BCUT2D eigenvalue weighted by Gasteiger charge is 2.28. The minimum atomic E-state index is -0.516. The summed E-state index contributed by atoms with van der Waals surface area (Å²) in [5, 5.41) is 10.2. The molecule has 2 aromatic heterocycles. The van der Waals surface area contributed by atoms with E-state index >= 15 is 0 Å². The molecule has 1 aliphatic heterocycles. The Balaban J connectivity index is 1.30. The highest BCUT2D eigenvalue weighted by atomic mass is 16.6. The number of hydrogen-bond acceptors (Lipinski definition) is 6. The fourth-order valence-electron chi connectivity index (χ4n) is 3.86. The van der Waals surface area contributed by atoms with Crippen molar-refractivity contribution in [1.29, 1.82) is 0 Å². The Bertz CT molecular complexity index is 1310. The SMILES string of the molecule is CC(C)(C)OC(=O)N1Cc2ccc(-c3nccc(Nc4ccc(-c5cn[nH]c5)cc4)n3)cc2C1. The van der Waals surface area contributed by atoms with Crippen LogP contribution >= 0.6 is 0 Å². The highest BCUT2D eigenvalue weighted by Crippen LogP contribution is 2.29. The van der Waals surface area contributed by atoms with Gasteiger partial charge in [-0.05, 0) is 61.7 Å². The lowest BCUT2D eigenvalue weighted by atomic mass is 10.1. The summed E-state index contributed by atoms with van der Waals surface area (Å²) in [6.45, 7) is 6.68. The second kappa shape index (κ2) is 8.62. The molecule has 2 N–H and O–H groups in total. The summed E-state index contributed by atoms with van der Waals surface area (Å²) >= 11 is 0. The van der Waals surface area contributed by atoms with E-state index in [1.165, 1.54) is 0 Å². The molecule has 172 valence electrons. The van der Waals surface area contributed by atoms with Crippen molar-refractivity contribution in [3.8, 4) is 22.5 Å². The summed E-state index contributed by atoms with van der Waals surface area (Å²) in [4.78, 5) is 23.3. The van der Waals surface area contributed by atoms with Crippen LogP contribution in [0.5, 0.6) is 0 Å². The summed E-state index contributed by atoms with van der Waals surface area (Å²) in [6, 6.07) is 16.0. The number of hydrogen-bond donors (Lipinski definition) is 2. The van der Waals surface area contributed by atoms with Gasteiger partial charge in [0.05, 0.1) is 6.20 Å². The molecule has 0 unspecified atom stereocenters. The van der Waals surface area contributed by atoms with E-state index in [9.17, 15) is 4.79 Å². The van der Waals surface area contributed by atoms with Crippen molar-refractivity contribution in [3.05, 3.63) is 78.2 Å². The van der Waals surface area contributed by atoms with Gasteiger partial charge in [0.2, 0.25) is 0 Å². The fraction of sp³-hybridized carbons (Fsp3) is 0.231. The molecule has 0 atom stereocenters. The summed E-state index contributed by atoms with van der Waals surface area (Å²) in [6.07, 6.45) is 5.10. The number of nitrogens with one attached hydrogen (secondary N) is 2. The normalized spacial score (nSPS) is 13.0. The quantitative estimate of drug-likeness (QED) is 0.421. The van der Waals surface area contributed by atoms with Crippen molar-refractivity contribution < 1.29 is 9.53 Å². The third kappa shape index (κ3) is 4.76. The van der Waals surface area contributed by atoms with Gasteiger partial charge in [-0.2, -0.15) is 5.10 Å². The Morgan fingerprint density at radius 2 is 1.76 bits per heavy atom. The van der Waals surface area contributed by atoms with Crippen LogP contribution in [-0.2, 0) is 17.8 Å². The van der Waals surface area contributed by atoms with Gasteiger partial charge in [-0.25, -0.2) is 14.8 Å². The topological polar surface area (TPSA) is 96.0 Å². The van der Waals surface area contributed by atoms with Crippen molar-refractivity contribution in [2.45, 2.75) is 39.5 Å². The van der Waals surface area contributed by atoms with Crippen LogP contribution in [0.1, 0.15) is 31.9 Å². The molecule has 3 heterocycles. The first kappa shape index (κ1) is 21.6. The minimum absolute atomic E-state index is 0.300. The van der Waals surface area contributed by atoms with Crippen LogP contribution in [0.4, 0.5) is 16.3 Å². The maximum Gasteiger partial charge on any atom is 0.410 e. The molecule has 0 saturated heterocycles. The minimum Gasteiger partial charge on any atom is -0.444 e. The maximum atomic E-state index is 12.5. The summed E-state index contributed by atoms with van der Waals surface area (Å²) < 4.78 is 5.52. The lowest BCUT2D eigenvalue weighted by Crippen LogP contribution is -2.33. The van der Waals surface area contributed by atoms with E-state index in [4.69, 9.17) is 9.72 Å². The lowest BCUT2D eigenvalue weighted by molar-refractivity contribution is 0.0242. The lowest BCUT2D eigenvalue weighted by Gasteiger charge is -2.24. The Kier molecular flexibility index (Phi) is 5.49. The largest absolute Gasteiger partial charge is 0.444 e. The van der Waals surface area contributed by atoms with Gasteiger partial charge in [-0.1, -0.05) is 24.3 Å². The number of aromatic nitrogens is 4. The number of anilines is 2. The number of amides is 1. The molecular formula is C26H26N6O2. The number of ether oxygens (including phenoxy) is 1. The number of aromatic amines is 1. The molecule has 2 aromatic carbocycles. The zero-order valence-electron chi connectivity index (χ0n) is 19.4. The van der Waals surface area contributed by atoms with Crippen LogP contribution in [0.15, 0.2) is 67.1 Å². The molecule has 34 heavy (non-hydrogen) atoms. The zero-order chi connectivity index (χ0) is 23.7. The first-order valence-electron chi connectivity index (χ1n) is 11.1. The van der Waals surface area contributed by atoms with Crippen LogP contribution in [0.25, 0.3) is 22.5 Å². The van der Waals surface area contributed by atoms with Gasteiger partial charge in [-0.15, -0.1) is 0 Å². The zero-order valence-corrected chi connectivity index (χ0v) is 19.4. The average molecular weight is 455 g/mol. The molecule has 0 spiro atoms. The maximum absolute atomic E-state index is 12.5. The third-order valence-electron chi connectivity index (χ3n) is 5.48. The predicted molar refractivity (Wildman–Crippen MR) is 130 cm³/mol. The Hall–Kier alpha value is -4.20. The van der Waals surface area contributed by atoms with Crippen LogP contribution in [0, 0.1) is 0 Å². The van der Waals surface area contributed by atoms with Crippen LogP contribution in [0.2, 0.25) is 0 Å². The highest BCUT2D eigenvalue weighted by molar-refractivity contribution is 5.70. The van der Waals surface area contributed by atoms with Gasteiger partial charge in [0.25, 0.3) is 0 Å². The number of carbonyl (C=O) groups is 1. The molecule has 0 aliphatic carbocycles. The number of carbonyl (C=O) groups excluding carboxylic acids is 1. The standard InChI is InChI=1S/C26H26N6O2/c1-26(2,3)34-25(33)32-15-19-5-4-18(12-20(19)16-32)24-27-11-10-23(31-24)30-22-8-6-17(7-9-22)21-13-28-29-14-21/h4-14H,15-16H2,1-3H3,(H,28,29)(H,27,30,31). The molecule has 0 bridgehead atoms. The number of nitrogens with zero attached hydrogens (tertiary/aromatic N) is 4. The molecule has 0 radical (unpaired) electrons. The predicted octanol–water partition coefficient (Wildman–Crippen LogP) is 5.53. The van der Waals surface area contributed by atoms with Crippen molar-refractivity contribution in [1.82, 2.24) is 25.1 Å². The molecule has 1 amide bonds. The third-order valence-corrected chi connectivity index (χ3v) is 5.48. The van der Waals surface area contributed by atoms with E-state index < -0.39 is 5.60 Å². The summed E-state index contributed by atoms with van der Waals surface area (Å²) in [5.74, 6) is 1.33. The van der Waals surface area contributed by atoms with Crippen molar-refractivity contribution in [2.75, 3.05) is 5.32 Å². The van der Waals surface area contributed by atoms with E-state index in [1.54, 1.807) is 17.3 Å². The number of rotatable bonds is 4. The molecule has 0 fully saturated rings. The Labute approximate surface area is 198 Å². The van der Waals surface area contributed by atoms with E-state index in [0.717, 1.165) is 33.5 Å². The van der Waals surface area contributed by atoms with Crippen molar-refractivity contribution in [2.24, 2.45) is 0 Å². The summed E-state index contributed by atoms with van der Waals surface area (Å²) in [7, 11) is 0. The van der Waals surface area contributed by atoms with E-state index in [0.29, 0.717) is 24.7 Å². The van der Waals surface area contributed by atoms with Gasteiger partial charge < -0.3 is 10.1 Å². The van der Waals surface area contributed by atoms with Crippen LogP contribution < -0.4 is 5.32 Å². The fourth-order valence-corrected chi connectivity index (χ4v) is 3.86. The van der Waals surface area contributed by atoms with Crippen LogP contribution in [0.3, 0.4) is 0 Å². The molecule has 5 rings (SSSR count). The molecule has 8 heteroatoms. The molecule has 4 aromatic rings. The van der Waals surface area contributed by atoms with Crippen molar-refractivity contribution >= 4 is 17.6 Å². The monoisotopic (exact) mass is 454 g/mol. The number of H-pyrrole nitrogens is 1. The molecule has 0 saturated carbocycles. The van der Waals surface area contributed by atoms with Crippen LogP contribution in [-0.4, -0.2) is 36.8 Å². The number of benzene rings is 2. The average Bonchev–Trinajstić information content (AvgIpc) is 3.48. The van der Waals surface area contributed by atoms with Gasteiger partial charge >= 0.3 is 6.09 Å². The second-order valence-corrected chi connectivity index (χ2v) is 9.27. The molecule has 8 nitrogen and oxygen atoms in total. The van der Waals surface area contributed by atoms with E-state index in [2.05, 4.69) is 26.6 Å². The van der Waals surface area contributed by atoms with Gasteiger partial charge in [0.1, 0.15) is 11.4 Å². The van der Waals surface area contributed by atoms with E-state index in [-0.39, 0.29) is 6.09 Å². The van der Waals surface area contributed by atoms with E-state index in [1.807, 2.05) is 69.4 Å². The Morgan fingerprint density at radius 1 is 1.00 bits per heavy atom. The second-order valence-electron chi connectivity index (χ2n) is 9.27. The van der Waals surface area contributed by atoms with Gasteiger partial charge in [-0.3, -0.25) is 10.00 Å². The van der Waals surface area contributed by atoms with Gasteiger partial charge in [0.15, 0.2) is 5.82 Å². The Morgan fingerprint density at radius 3 is 2.50 bits per heavy atom. The molecular weight excluding hydrogens is 428 g/mol. The number of fused-ring (bicyclic) bond motifs is 1.